The summed E-state index contributed by atoms with van der Waals surface area (Å²) in [5.41, 5.74) is 3.08. The highest BCUT2D eigenvalue weighted by Crippen LogP contribution is 2.43. The summed E-state index contributed by atoms with van der Waals surface area (Å²) in [7, 11) is -2.00. The van der Waals surface area contributed by atoms with Gasteiger partial charge in [0.1, 0.15) is 0 Å². The van der Waals surface area contributed by atoms with E-state index in [9.17, 15) is 5.11 Å². The molecule has 1 unspecified atom stereocenters. The molecule has 0 aliphatic heterocycles. The zero-order valence-corrected chi connectivity index (χ0v) is 17.6. The van der Waals surface area contributed by atoms with Crippen molar-refractivity contribution in [1.29, 1.82) is 0 Å². The van der Waals surface area contributed by atoms with Gasteiger partial charge in [0.25, 0.3) is 0 Å². The second-order valence-corrected chi connectivity index (χ2v) is 13.3. The van der Waals surface area contributed by atoms with E-state index in [-0.39, 0.29) is 6.61 Å². The normalized spacial score (nSPS) is 14.0. The van der Waals surface area contributed by atoms with Gasteiger partial charge in [0.2, 0.25) is 8.32 Å². The van der Waals surface area contributed by atoms with E-state index in [1.165, 1.54) is 0 Å². The SMILES string of the molecule is CC(C)[Si](OCc1c(Cl)cccc1C(O)CCO)(C(C)C)C(C)C. The second kappa shape index (κ2) is 9.34. The molecule has 1 atom stereocenters. The van der Waals surface area contributed by atoms with Crippen LogP contribution in [0.4, 0.5) is 0 Å². The summed E-state index contributed by atoms with van der Waals surface area (Å²) in [5.74, 6) is 0. The van der Waals surface area contributed by atoms with Crippen LogP contribution in [-0.2, 0) is 11.0 Å². The highest BCUT2D eigenvalue weighted by atomic mass is 35.5. The molecule has 0 aliphatic rings. The van der Waals surface area contributed by atoms with E-state index < -0.39 is 14.4 Å². The minimum Gasteiger partial charge on any atom is -0.412 e. The molecule has 0 aliphatic carbocycles. The Hall–Kier alpha value is -0.393. The Kier molecular flexibility index (Phi) is 8.43. The van der Waals surface area contributed by atoms with Crippen LogP contribution < -0.4 is 0 Å². The quantitative estimate of drug-likeness (QED) is 0.567. The summed E-state index contributed by atoms with van der Waals surface area (Å²) < 4.78 is 6.63. The molecule has 0 spiro atoms. The molecule has 5 heteroatoms. The largest absolute Gasteiger partial charge is 0.412 e. The molecule has 1 aromatic rings. The maximum atomic E-state index is 10.3. The van der Waals surface area contributed by atoms with E-state index in [1.54, 1.807) is 0 Å². The average Bonchev–Trinajstić information content (AvgIpc) is 2.48. The lowest BCUT2D eigenvalue weighted by Crippen LogP contribution is -2.47. The smallest absolute Gasteiger partial charge is 0.200 e. The molecular formula is C19H33ClO3Si. The fourth-order valence-corrected chi connectivity index (χ4v) is 9.65. The lowest BCUT2D eigenvalue weighted by atomic mass is 10.0. The van der Waals surface area contributed by atoms with E-state index in [0.29, 0.717) is 34.7 Å². The van der Waals surface area contributed by atoms with Crippen LogP contribution in [0.5, 0.6) is 0 Å². The van der Waals surface area contributed by atoms with E-state index in [0.717, 1.165) is 11.1 Å². The molecule has 0 aromatic heterocycles. The Morgan fingerprint density at radius 1 is 1.04 bits per heavy atom. The number of rotatable bonds is 9. The van der Waals surface area contributed by atoms with E-state index in [1.807, 2.05) is 18.2 Å². The first kappa shape index (κ1) is 21.6. The first-order valence-electron chi connectivity index (χ1n) is 8.88. The Morgan fingerprint density at radius 2 is 1.58 bits per heavy atom. The van der Waals surface area contributed by atoms with E-state index >= 15 is 0 Å². The van der Waals surface area contributed by atoms with E-state index in [2.05, 4.69) is 41.5 Å². The Labute approximate surface area is 153 Å². The van der Waals surface area contributed by atoms with Gasteiger partial charge in [-0.2, -0.15) is 0 Å². The predicted molar refractivity (Wildman–Crippen MR) is 104 cm³/mol. The predicted octanol–water partition coefficient (Wildman–Crippen LogP) is 5.45. The number of hydrogen-bond donors (Lipinski definition) is 2. The molecule has 1 aromatic carbocycles. The fraction of sp³-hybridized carbons (Fsp3) is 0.684. The zero-order valence-electron chi connectivity index (χ0n) is 15.8. The summed E-state index contributed by atoms with van der Waals surface area (Å²) in [5, 5.41) is 20.1. The Bertz CT molecular complexity index is 496. The van der Waals surface area contributed by atoms with Gasteiger partial charge in [0.05, 0.1) is 12.7 Å². The zero-order chi connectivity index (χ0) is 18.5. The maximum Gasteiger partial charge on any atom is 0.200 e. The molecule has 0 saturated carbocycles. The van der Waals surface area contributed by atoms with Crippen LogP contribution in [0.3, 0.4) is 0 Å². The molecule has 1 rings (SSSR count). The molecule has 3 nitrogen and oxygen atoms in total. The summed E-state index contributed by atoms with van der Waals surface area (Å²) >= 11 is 6.40. The van der Waals surface area contributed by atoms with Gasteiger partial charge in [-0.15, -0.1) is 0 Å². The summed E-state index contributed by atoms with van der Waals surface area (Å²) in [6.45, 7) is 13.9. The van der Waals surface area contributed by atoms with Crippen molar-refractivity contribution in [3.63, 3.8) is 0 Å². The second-order valence-electron chi connectivity index (χ2n) is 7.44. The van der Waals surface area contributed by atoms with Crippen LogP contribution in [0.25, 0.3) is 0 Å². The van der Waals surface area contributed by atoms with Gasteiger partial charge in [-0.05, 0) is 28.3 Å². The number of benzene rings is 1. The van der Waals surface area contributed by atoms with Crippen LogP contribution in [0.15, 0.2) is 18.2 Å². The lowest BCUT2D eigenvalue weighted by molar-refractivity contribution is 0.131. The van der Waals surface area contributed by atoms with Gasteiger partial charge in [0, 0.05) is 23.6 Å². The van der Waals surface area contributed by atoms with Crippen molar-refractivity contribution in [2.75, 3.05) is 6.61 Å². The maximum absolute atomic E-state index is 10.3. The molecule has 0 saturated heterocycles. The summed E-state index contributed by atoms with van der Waals surface area (Å²) in [6, 6.07) is 5.53. The first-order valence-corrected chi connectivity index (χ1v) is 11.4. The number of halogens is 1. The number of hydrogen-bond acceptors (Lipinski definition) is 3. The van der Waals surface area contributed by atoms with Crippen molar-refractivity contribution < 1.29 is 14.6 Å². The summed E-state index contributed by atoms with van der Waals surface area (Å²) in [4.78, 5) is 0. The molecule has 138 valence electrons. The highest BCUT2D eigenvalue weighted by Gasteiger charge is 2.45. The third-order valence-corrected chi connectivity index (χ3v) is 11.5. The van der Waals surface area contributed by atoms with Gasteiger partial charge in [-0.1, -0.05) is 65.3 Å². The molecule has 0 heterocycles. The molecular weight excluding hydrogens is 340 g/mol. The number of aliphatic hydroxyl groups is 2. The van der Waals surface area contributed by atoms with Gasteiger partial charge < -0.3 is 14.6 Å². The highest BCUT2D eigenvalue weighted by molar-refractivity contribution is 6.77. The minimum absolute atomic E-state index is 0.0589. The van der Waals surface area contributed by atoms with Gasteiger partial charge in [0.15, 0.2) is 0 Å². The van der Waals surface area contributed by atoms with Crippen LogP contribution in [0, 0.1) is 0 Å². The fourth-order valence-electron chi connectivity index (χ4n) is 4.01. The van der Waals surface area contributed by atoms with Gasteiger partial charge in [-0.3, -0.25) is 0 Å². The summed E-state index contributed by atoms with van der Waals surface area (Å²) in [6.07, 6.45) is -0.422. The van der Waals surface area contributed by atoms with Gasteiger partial charge >= 0.3 is 0 Å². The minimum atomic E-state index is -2.00. The third kappa shape index (κ3) is 4.61. The monoisotopic (exact) mass is 372 g/mol. The van der Waals surface area contributed by atoms with Crippen molar-refractivity contribution in [3.05, 3.63) is 34.3 Å². The van der Waals surface area contributed by atoms with Crippen LogP contribution in [-0.4, -0.2) is 25.1 Å². The van der Waals surface area contributed by atoms with Gasteiger partial charge in [-0.25, -0.2) is 0 Å². The van der Waals surface area contributed by atoms with Crippen LogP contribution >= 0.6 is 11.6 Å². The molecule has 0 amide bonds. The lowest BCUT2D eigenvalue weighted by Gasteiger charge is -2.42. The molecule has 0 fully saturated rings. The van der Waals surface area contributed by atoms with Crippen molar-refractivity contribution in [3.8, 4) is 0 Å². The molecule has 0 radical (unpaired) electrons. The topological polar surface area (TPSA) is 49.7 Å². The number of aliphatic hydroxyl groups excluding tert-OH is 2. The molecule has 0 bridgehead atoms. The standard InChI is InChI=1S/C19H33ClO3Si/c1-13(2)24(14(3)4,15(5)6)23-12-17-16(19(22)10-11-21)8-7-9-18(17)20/h7-9,13-15,19,21-22H,10-12H2,1-6H3. The van der Waals surface area contributed by atoms with Crippen molar-refractivity contribution in [1.82, 2.24) is 0 Å². The first-order chi connectivity index (χ1) is 11.2. The average molecular weight is 373 g/mol. The van der Waals surface area contributed by atoms with Crippen molar-refractivity contribution >= 4 is 19.9 Å². The Morgan fingerprint density at radius 3 is 2.04 bits per heavy atom. The van der Waals surface area contributed by atoms with Crippen LogP contribution in [0.2, 0.25) is 21.6 Å². The third-order valence-electron chi connectivity index (χ3n) is 5.09. The van der Waals surface area contributed by atoms with Crippen LogP contribution in [0.1, 0.15) is 65.2 Å². The Balaban J connectivity index is 3.16. The van der Waals surface area contributed by atoms with Crippen molar-refractivity contribution in [2.45, 2.75) is 77.3 Å². The van der Waals surface area contributed by atoms with Crippen molar-refractivity contribution in [2.24, 2.45) is 0 Å². The molecule has 24 heavy (non-hydrogen) atoms. The van der Waals surface area contributed by atoms with E-state index in [4.69, 9.17) is 21.1 Å². The molecule has 2 N–H and O–H groups in total.